The molecule has 0 aliphatic heterocycles. The molecule has 3 aromatic rings. The fourth-order valence-corrected chi connectivity index (χ4v) is 2.75. The summed E-state index contributed by atoms with van der Waals surface area (Å²) >= 11 is 1.61. The van der Waals surface area contributed by atoms with E-state index in [0.717, 1.165) is 34.9 Å². The number of nitrogens with two attached hydrogens (primary N) is 1. The zero-order valence-corrected chi connectivity index (χ0v) is 12.7. The molecule has 5 nitrogen and oxygen atoms in total. The maximum absolute atomic E-state index is 5.92. The molecule has 21 heavy (non-hydrogen) atoms. The van der Waals surface area contributed by atoms with Crippen molar-refractivity contribution in [3.8, 4) is 5.75 Å². The number of pyridine rings is 1. The second-order valence-corrected chi connectivity index (χ2v) is 5.84. The van der Waals surface area contributed by atoms with Gasteiger partial charge in [-0.3, -0.25) is 9.38 Å². The summed E-state index contributed by atoms with van der Waals surface area (Å²) in [6.45, 7) is 2.53. The first-order valence-electron chi connectivity index (χ1n) is 6.99. The molecular formula is C15H18N4OS. The van der Waals surface area contributed by atoms with Gasteiger partial charge < -0.3 is 10.5 Å². The third-order valence-electron chi connectivity index (χ3n) is 3.32. The van der Waals surface area contributed by atoms with Crippen molar-refractivity contribution in [2.24, 2.45) is 5.73 Å². The van der Waals surface area contributed by atoms with Crippen molar-refractivity contribution in [2.75, 3.05) is 0 Å². The van der Waals surface area contributed by atoms with Gasteiger partial charge in [0.05, 0.1) is 11.9 Å². The van der Waals surface area contributed by atoms with Gasteiger partial charge in [-0.2, -0.15) is 0 Å². The van der Waals surface area contributed by atoms with E-state index in [9.17, 15) is 0 Å². The lowest BCUT2D eigenvalue weighted by atomic mass is 10.1. The Morgan fingerprint density at radius 2 is 2.29 bits per heavy atom. The summed E-state index contributed by atoms with van der Waals surface area (Å²) in [5.74, 6) is 0.750. The van der Waals surface area contributed by atoms with E-state index in [0.29, 0.717) is 6.61 Å². The first-order valence-corrected chi connectivity index (χ1v) is 7.87. The number of nitrogens with zero attached hydrogens (tertiary/aromatic N) is 3. The minimum atomic E-state index is 0.169. The molecule has 6 heteroatoms. The van der Waals surface area contributed by atoms with Crippen molar-refractivity contribution in [2.45, 2.75) is 32.4 Å². The maximum Gasteiger partial charge on any atom is 0.193 e. The third kappa shape index (κ3) is 3.40. The Bertz CT molecular complexity index is 675. The van der Waals surface area contributed by atoms with Crippen molar-refractivity contribution in [1.82, 2.24) is 14.4 Å². The normalized spacial score (nSPS) is 12.7. The minimum Gasteiger partial charge on any atom is -0.486 e. The summed E-state index contributed by atoms with van der Waals surface area (Å²) in [5.41, 5.74) is 7.84. The summed E-state index contributed by atoms with van der Waals surface area (Å²) in [4.78, 5) is 9.84. The Balaban J connectivity index is 1.58. The fraction of sp³-hybridized carbons (Fsp3) is 0.333. The number of imidazole rings is 1. The predicted molar refractivity (Wildman–Crippen MR) is 83.6 cm³/mol. The smallest absolute Gasteiger partial charge is 0.193 e. The molecule has 0 saturated carbocycles. The highest BCUT2D eigenvalue weighted by Crippen LogP contribution is 2.15. The lowest BCUT2D eigenvalue weighted by molar-refractivity contribution is 0.300. The topological polar surface area (TPSA) is 65.4 Å². The van der Waals surface area contributed by atoms with E-state index in [-0.39, 0.29) is 6.04 Å². The molecule has 0 aliphatic rings. The molecule has 0 amide bonds. The highest BCUT2D eigenvalue weighted by atomic mass is 32.1. The summed E-state index contributed by atoms with van der Waals surface area (Å²) < 4.78 is 7.71. The quantitative estimate of drug-likeness (QED) is 0.760. The summed E-state index contributed by atoms with van der Waals surface area (Å²) in [7, 11) is 0. The molecule has 110 valence electrons. The Labute approximate surface area is 127 Å². The summed E-state index contributed by atoms with van der Waals surface area (Å²) in [6, 6.07) is 4.07. The Morgan fingerprint density at radius 3 is 3.00 bits per heavy atom. The minimum absolute atomic E-state index is 0.169. The number of hydrogen-bond donors (Lipinski definition) is 1. The molecule has 1 unspecified atom stereocenters. The fourth-order valence-electron chi connectivity index (χ4n) is 2.03. The van der Waals surface area contributed by atoms with Crippen molar-refractivity contribution in [1.29, 1.82) is 0 Å². The van der Waals surface area contributed by atoms with Gasteiger partial charge in [0.1, 0.15) is 12.4 Å². The molecule has 0 saturated heterocycles. The number of fused-ring (bicyclic) bond motifs is 1. The second kappa shape index (κ2) is 6.24. The SMILES string of the molecule is CCC(N)Cc1ccc(OCc2cn3ccsc3n2)cn1. The van der Waals surface area contributed by atoms with Crippen molar-refractivity contribution in [3.05, 3.63) is 47.5 Å². The van der Waals surface area contributed by atoms with E-state index < -0.39 is 0 Å². The van der Waals surface area contributed by atoms with Crippen LogP contribution >= 0.6 is 11.3 Å². The number of thiazole rings is 1. The van der Waals surface area contributed by atoms with Crippen LogP contribution in [0.1, 0.15) is 24.7 Å². The Hall–Kier alpha value is -1.92. The number of hydrogen-bond acceptors (Lipinski definition) is 5. The van der Waals surface area contributed by atoms with Gasteiger partial charge in [-0.05, 0) is 18.6 Å². The van der Waals surface area contributed by atoms with Gasteiger partial charge >= 0.3 is 0 Å². The van der Waals surface area contributed by atoms with E-state index in [1.54, 1.807) is 17.5 Å². The molecule has 0 radical (unpaired) electrons. The van der Waals surface area contributed by atoms with Crippen molar-refractivity contribution in [3.63, 3.8) is 0 Å². The average Bonchev–Trinajstić information content (AvgIpc) is 3.07. The lowest BCUT2D eigenvalue weighted by Crippen LogP contribution is -2.21. The van der Waals surface area contributed by atoms with Crippen LogP contribution in [0, 0.1) is 0 Å². The van der Waals surface area contributed by atoms with Gasteiger partial charge in [0.15, 0.2) is 4.96 Å². The molecule has 3 heterocycles. The van der Waals surface area contributed by atoms with Crippen LogP contribution in [0.5, 0.6) is 5.75 Å². The molecule has 3 rings (SSSR count). The van der Waals surface area contributed by atoms with Crippen molar-refractivity contribution >= 4 is 16.3 Å². The molecule has 2 N–H and O–H groups in total. The average molecular weight is 302 g/mol. The molecule has 0 aliphatic carbocycles. The molecule has 0 bridgehead atoms. The van der Waals surface area contributed by atoms with Gasteiger partial charge in [0, 0.05) is 35.9 Å². The van der Waals surface area contributed by atoms with Crippen LogP contribution in [0.3, 0.4) is 0 Å². The van der Waals surface area contributed by atoms with Crippen LogP contribution in [0.15, 0.2) is 36.1 Å². The highest BCUT2D eigenvalue weighted by molar-refractivity contribution is 7.15. The van der Waals surface area contributed by atoms with E-state index in [4.69, 9.17) is 10.5 Å². The monoisotopic (exact) mass is 302 g/mol. The predicted octanol–water partition coefficient (Wildman–Crippen LogP) is 2.65. The van der Waals surface area contributed by atoms with Gasteiger partial charge in [-0.25, -0.2) is 4.98 Å². The van der Waals surface area contributed by atoms with E-state index >= 15 is 0 Å². The lowest BCUT2D eigenvalue weighted by Gasteiger charge is -2.08. The van der Waals surface area contributed by atoms with Gasteiger partial charge in [-0.15, -0.1) is 11.3 Å². The highest BCUT2D eigenvalue weighted by Gasteiger charge is 2.05. The van der Waals surface area contributed by atoms with Gasteiger partial charge in [0.25, 0.3) is 0 Å². The van der Waals surface area contributed by atoms with Crippen LogP contribution in [0.2, 0.25) is 0 Å². The van der Waals surface area contributed by atoms with Crippen LogP contribution in [0.25, 0.3) is 4.96 Å². The number of rotatable bonds is 6. The van der Waals surface area contributed by atoms with Crippen molar-refractivity contribution < 1.29 is 4.74 Å². The van der Waals surface area contributed by atoms with Crippen LogP contribution in [0.4, 0.5) is 0 Å². The number of aromatic nitrogens is 3. The molecule has 0 spiro atoms. The standard InChI is InChI=1S/C15H18N4OS/c1-2-11(16)7-12-3-4-14(8-17-12)20-10-13-9-19-5-6-21-15(19)18-13/h3-6,8-9,11H,2,7,10,16H2,1H3. The van der Waals surface area contributed by atoms with Crippen LogP contribution < -0.4 is 10.5 Å². The molecular weight excluding hydrogens is 284 g/mol. The maximum atomic E-state index is 5.92. The Kier molecular flexibility index (Phi) is 4.17. The largest absolute Gasteiger partial charge is 0.486 e. The zero-order chi connectivity index (χ0) is 14.7. The molecule has 1 atom stereocenters. The van der Waals surface area contributed by atoms with Gasteiger partial charge in [-0.1, -0.05) is 6.92 Å². The Morgan fingerprint density at radius 1 is 1.38 bits per heavy atom. The first-order chi connectivity index (χ1) is 10.2. The third-order valence-corrected chi connectivity index (χ3v) is 4.09. The first kappa shape index (κ1) is 14.0. The molecule has 3 aromatic heterocycles. The zero-order valence-electron chi connectivity index (χ0n) is 11.9. The number of ether oxygens (including phenoxy) is 1. The molecule has 0 fully saturated rings. The summed E-state index contributed by atoms with van der Waals surface area (Å²) in [5, 5.41) is 2.01. The van der Waals surface area contributed by atoms with E-state index in [1.807, 2.05) is 34.3 Å². The van der Waals surface area contributed by atoms with Gasteiger partial charge in [0.2, 0.25) is 0 Å². The van der Waals surface area contributed by atoms with Crippen LogP contribution in [-0.4, -0.2) is 20.4 Å². The van der Waals surface area contributed by atoms with E-state index in [2.05, 4.69) is 16.9 Å². The second-order valence-electron chi connectivity index (χ2n) is 4.97. The summed E-state index contributed by atoms with van der Waals surface area (Å²) in [6.07, 6.45) is 7.47. The van der Waals surface area contributed by atoms with Crippen LogP contribution in [-0.2, 0) is 13.0 Å². The molecule has 0 aromatic carbocycles. The van der Waals surface area contributed by atoms with E-state index in [1.165, 1.54) is 0 Å².